The molecule has 35 heavy (non-hydrogen) atoms. The molecule has 1 aromatic heterocycles. The molecule has 0 aliphatic carbocycles. The Hall–Kier alpha value is -3.50. The summed E-state index contributed by atoms with van der Waals surface area (Å²) < 4.78 is 5.41. The smallest absolute Gasteiger partial charge is 0.338 e. The number of carbonyl (C=O) groups excluding carboxylic acids is 2. The van der Waals surface area contributed by atoms with Crippen LogP contribution in [0.15, 0.2) is 71.2 Å². The number of benzene rings is 2. The van der Waals surface area contributed by atoms with Gasteiger partial charge in [0, 0.05) is 0 Å². The number of nitrogens with one attached hydrogen (secondary N) is 2. The van der Waals surface area contributed by atoms with Crippen molar-refractivity contribution in [3.63, 3.8) is 0 Å². The fourth-order valence-corrected chi connectivity index (χ4v) is 4.86. The van der Waals surface area contributed by atoms with Crippen LogP contribution in [0.1, 0.15) is 36.0 Å². The lowest BCUT2D eigenvalue weighted by molar-refractivity contribution is -0.138. The van der Waals surface area contributed by atoms with Crippen molar-refractivity contribution in [2.75, 3.05) is 17.7 Å². The highest BCUT2D eigenvalue weighted by molar-refractivity contribution is 8.14. The fourth-order valence-electron chi connectivity index (χ4n) is 3.47. The van der Waals surface area contributed by atoms with Crippen LogP contribution in [0, 0.1) is 0 Å². The summed E-state index contributed by atoms with van der Waals surface area (Å²) in [4.78, 5) is 30.5. The largest absolute Gasteiger partial charge is 0.463 e. The molecule has 2 heterocycles. The highest BCUT2D eigenvalue weighted by Crippen LogP contribution is 2.36. The quantitative estimate of drug-likeness (QED) is 0.434. The molecule has 2 N–H and O–H groups in total. The number of thioether (sulfide) groups is 1. The minimum atomic E-state index is -0.576. The molecule has 1 aliphatic rings. The molecule has 4 rings (SSSR count). The van der Waals surface area contributed by atoms with Gasteiger partial charge in [0.05, 0.1) is 23.6 Å². The Bertz CT molecular complexity index is 1240. The van der Waals surface area contributed by atoms with Gasteiger partial charge in [-0.05, 0) is 24.5 Å². The molecule has 1 aliphatic heterocycles. The summed E-state index contributed by atoms with van der Waals surface area (Å²) in [6.45, 7) is 4.02. The second kappa shape index (κ2) is 11.8. The van der Waals surface area contributed by atoms with Gasteiger partial charge in [0.2, 0.25) is 11.0 Å². The van der Waals surface area contributed by atoms with Gasteiger partial charge in [-0.25, -0.2) is 9.79 Å². The van der Waals surface area contributed by atoms with Gasteiger partial charge in [0.15, 0.2) is 5.17 Å². The molecule has 0 bridgehead atoms. The number of aryl methyl sites for hydroxylation is 1. The summed E-state index contributed by atoms with van der Waals surface area (Å²) in [5, 5.41) is 16.0. The van der Waals surface area contributed by atoms with Crippen LogP contribution in [-0.2, 0) is 20.7 Å². The third-order valence-electron chi connectivity index (χ3n) is 5.05. The van der Waals surface area contributed by atoms with Crippen LogP contribution in [0.4, 0.5) is 5.13 Å². The highest BCUT2D eigenvalue weighted by atomic mass is 32.2. The minimum absolute atomic E-state index is 0.116. The van der Waals surface area contributed by atoms with Gasteiger partial charge in [0.25, 0.3) is 0 Å². The Kier molecular flexibility index (Phi) is 8.27. The zero-order valence-electron chi connectivity index (χ0n) is 19.4. The van der Waals surface area contributed by atoms with Gasteiger partial charge >= 0.3 is 5.97 Å². The molecule has 1 atom stereocenters. The molecule has 3 aromatic rings. The van der Waals surface area contributed by atoms with Crippen LogP contribution < -0.4 is 10.6 Å². The second-order valence-electron chi connectivity index (χ2n) is 7.44. The molecule has 1 amide bonds. The lowest BCUT2D eigenvalue weighted by atomic mass is 9.94. The van der Waals surface area contributed by atoms with Crippen molar-refractivity contribution in [1.29, 1.82) is 0 Å². The number of aromatic nitrogens is 2. The van der Waals surface area contributed by atoms with E-state index >= 15 is 0 Å². The summed E-state index contributed by atoms with van der Waals surface area (Å²) in [7, 11) is 0. The molecule has 10 heteroatoms. The van der Waals surface area contributed by atoms with Crippen LogP contribution in [0.5, 0.6) is 0 Å². The van der Waals surface area contributed by atoms with E-state index in [9.17, 15) is 9.59 Å². The van der Waals surface area contributed by atoms with Gasteiger partial charge in [-0.15, -0.1) is 10.2 Å². The fraction of sp³-hybridized carbons (Fsp3) is 0.240. The van der Waals surface area contributed by atoms with E-state index in [1.165, 1.54) is 23.1 Å². The van der Waals surface area contributed by atoms with E-state index in [-0.39, 0.29) is 18.3 Å². The van der Waals surface area contributed by atoms with E-state index in [1.54, 1.807) is 6.92 Å². The van der Waals surface area contributed by atoms with Gasteiger partial charge in [0.1, 0.15) is 11.0 Å². The Morgan fingerprint density at radius 2 is 1.77 bits per heavy atom. The number of hydrogen-bond acceptors (Lipinski definition) is 9. The molecule has 0 unspecified atom stereocenters. The van der Waals surface area contributed by atoms with Crippen LogP contribution >= 0.6 is 23.1 Å². The van der Waals surface area contributed by atoms with E-state index in [2.05, 4.69) is 20.8 Å². The zero-order chi connectivity index (χ0) is 24.6. The molecular formula is C25H25N5O3S2. The third kappa shape index (κ3) is 6.14. The summed E-state index contributed by atoms with van der Waals surface area (Å²) in [6, 6.07) is 18.6. The average molecular weight is 508 g/mol. The maximum Gasteiger partial charge on any atom is 0.338 e. The van der Waals surface area contributed by atoms with Gasteiger partial charge in [-0.3, -0.25) is 10.1 Å². The molecular weight excluding hydrogens is 482 g/mol. The first-order valence-electron chi connectivity index (χ1n) is 11.2. The summed E-state index contributed by atoms with van der Waals surface area (Å²) in [6.07, 6.45) is 0.765. The molecule has 8 nitrogen and oxygen atoms in total. The predicted octanol–water partition coefficient (Wildman–Crippen LogP) is 4.45. The van der Waals surface area contributed by atoms with Gasteiger partial charge in [-0.2, -0.15) is 0 Å². The Labute approximate surface area is 211 Å². The molecule has 0 radical (unpaired) electrons. The van der Waals surface area contributed by atoms with E-state index < -0.39 is 12.0 Å². The van der Waals surface area contributed by atoms with Crippen molar-refractivity contribution >= 4 is 51.0 Å². The molecule has 180 valence electrons. The first kappa shape index (κ1) is 24.6. The summed E-state index contributed by atoms with van der Waals surface area (Å²) in [5.41, 5.74) is 2.73. The maximum absolute atomic E-state index is 13.1. The number of hydrogen-bond donors (Lipinski definition) is 2. The van der Waals surface area contributed by atoms with Crippen molar-refractivity contribution in [1.82, 2.24) is 15.5 Å². The number of anilines is 1. The Balaban J connectivity index is 1.62. The number of nitrogens with zero attached hydrogens (tertiary/aromatic N) is 3. The maximum atomic E-state index is 13.1. The first-order chi connectivity index (χ1) is 17.1. The second-order valence-corrected chi connectivity index (χ2v) is 9.47. The molecule has 0 spiro atoms. The number of amidine groups is 1. The number of esters is 1. The highest BCUT2D eigenvalue weighted by Gasteiger charge is 2.32. The summed E-state index contributed by atoms with van der Waals surface area (Å²) >= 11 is 2.62. The van der Waals surface area contributed by atoms with E-state index in [0.717, 1.165) is 22.6 Å². The lowest BCUT2D eigenvalue weighted by Gasteiger charge is -2.27. The van der Waals surface area contributed by atoms with Crippen LogP contribution in [-0.4, -0.2) is 39.6 Å². The van der Waals surface area contributed by atoms with E-state index in [4.69, 9.17) is 9.73 Å². The van der Waals surface area contributed by atoms with Crippen molar-refractivity contribution in [2.24, 2.45) is 4.99 Å². The Morgan fingerprint density at radius 1 is 1.06 bits per heavy atom. The normalized spacial score (nSPS) is 15.3. The van der Waals surface area contributed by atoms with Crippen molar-refractivity contribution in [3.8, 4) is 0 Å². The van der Waals surface area contributed by atoms with Crippen LogP contribution in [0.3, 0.4) is 0 Å². The lowest BCUT2D eigenvalue weighted by Crippen LogP contribution is -2.31. The number of amides is 1. The predicted molar refractivity (Wildman–Crippen MR) is 140 cm³/mol. The topological polar surface area (TPSA) is 106 Å². The Morgan fingerprint density at radius 3 is 2.43 bits per heavy atom. The standard InChI is InChI=1S/C25H25N5O3S2/c1-3-19-29-30-25(35-19)26-18(31)15-34-24-27-21(16-11-7-5-8-12-16)20(23(32)33-4-2)22(28-24)17-13-9-6-10-14-17/h5-14,21H,3-4,15H2,1-2H3,(H,27,28)(H,26,30,31)/t21-/m0/s1. The van der Waals surface area contributed by atoms with E-state index in [0.29, 0.717) is 21.6 Å². The molecule has 0 saturated carbocycles. The van der Waals surface area contributed by atoms with Gasteiger partial charge in [-0.1, -0.05) is 90.7 Å². The van der Waals surface area contributed by atoms with Gasteiger partial charge < -0.3 is 10.1 Å². The van der Waals surface area contributed by atoms with Crippen molar-refractivity contribution in [3.05, 3.63) is 82.4 Å². The van der Waals surface area contributed by atoms with Crippen LogP contribution in [0.2, 0.25) is 0 Å². The number of ether oxygens (including phenoxy) is 1. The average Bonchev–Trinajstić information content (AvgIpc) is 3.35. The third-order valence-corrected chi connectivity index (χ3v) is 6.92. The molecule has 0 fully saturated rings. The molecule has 0 saturated heterocycles. The number of rotatable bonds is 8. The summed E-state index contributed by atoms with van der Waals surface area (Å²) in [5.74, 6) is -0.525. The van der Waals surface area contributed by atoms with E-state index in [1.807, 2.05) is 67.6 Å². The first-order valence-corrected chi connectivity index (χ1v) is 13.0. The van der Waals surface area contributed by atoms with Crippen LogP contribution in [0.25, 0.3) is 5.70 Å². The van der Waals surface area contributed by atoms with Crippen molar-refractivity contribution < 1.29 is 14.3 Å². The minimum Gasteiger partial charge on any atom is -0.463 e. The molecule has 2 aromatic carbocycles. The van der Waals surface area contributed by atoms with Crippen molar-refractivity contribution in [2.45, 2.75) is 26.3 Å². The number of aliphatic imine (C=N–C) groups is 1. The zero-order valence-corrected chi connectivity index (χ0v) is 21.0. The monoisotopic (exact) mass is 507 g/mol. The number of carbonyl (C=O) groups is 2. The SMILES string of the molecule is CCOC(=O)C1=C(c2ccccc2)NC(SCC(=O)Nc2nnc(CC)s2)=N[C@H]1c1ccccc1.